The van der Waals surface area contributed by atoms with Crippen LogP contribution in [0.5, 0.6) is 0 Å². The van der Waals surface area contributed by atoms with Gasteiger partial charge in [-0.3, -0.25) is 9.88 Å². The average Bonchev–Trinajstić information content (AvgIpc) is 2.52. The molecule has 1 aliphatic heterocycles. The van der Waals surface area contributed by atoms with Crippen molar-refractivity contribution in [3.05, 3.63) is 65.5 Å². The summed E-state index contributed by atoms with van der Waals surface area (Å²) in [5.74, 6) is -1.59. The number of nitrogens with zero attached hydrogens (tertiary/aromatic N) is 2. The molecule has 1 aromatic heterocycles. The van der Waals surface area contributed by atoms with E-state index >= 15 is 0 Å². The minimum Gasteiger partial charge on any atom is -0.314 e. The Kier molecular flexibility index (Phi) is 5.83. The maximum atomic E-state index is 13.3. The molecule has 22 heavy (non-hydrogen) atoms. The fourth-order valence-electron chi connectivity index (χ4n) is 2.72. The van der Waals surface area contributed by atoms with E-state index in [-0.39, 0.29) is 18.4 Å². The molecule has 2 heterocycles. The molecule has 0 aliphatic carbocycles. The summed E-state index contributed by atoms with van der Waals surface area (Å²) in [7, 11) is 0. The van der Waals surface area contributed by atoms with Crippen LogP contribution in [-0.2, 0) is 6.54 Å². The lowest BCUT2D eigenvalue weighted by Gasteiger charge is -2.36. The number of aromatic nitrogens is 1. The summed E-state index contributed by atoms with van der Waals surface area (Å²) in [4.78, 5) is 6.32. The Hall–Kier alpha value is -1.56. The molecule has 3 rings (SSSR count). The van der Waals surface area contributed by atoms with E-state index in [1.165, 1.54) is 17.7 Å². The minimum absolute atomic E-state index is 0. The van der Waals surface area contributed by atoms with Crippen LogP contribution in [0.4, 0.5) is 8.78 Å². The van der Waals surface area contributed by atoms with Crippen molar-refractivity contribution in [2.75, 3.05) is 19.6 Å². The van der Waals surface area contributed by atoms with E-state index in [9.17, 15) is 8.78 Å². The molecule has 0 spiro atoms. The van der Waals surface area contributed by atoms with Crippen LogP contribution in [0.2, 0.25) is 0 Å². The summed E-state index contributed by atoms with van der Waals surface area (Å²) in [6, 6.07) is 8.32. The number of pyridine rings is 1. The van der Waals surface area contributed by atoms with Gasteiger partial charge in [0.2, 0.25) is 0 Å². The first-order valence-electron chi connectivity index (χ1n) is 7.02. The molecule has 0 radical (unpaired) electrons. The molecule has 1 fully saturated rings. The number of nitrogens with one attached hydrogen (secondary N) is 1. The maximum absolute atomic E-state index is 13.3. The monoisotopic (exact) mass is 325 g/mol. The van der Waals surface area contributed by atoms with Crippen molar-refractivity contribution >= 4 is 12.4 Å². The van der Waals surface area contributed by atoms with Crippen LogP contribution >= 0.6 is 12.4 Å². The second kappa shape index (κ2) is 7.63. The summed E-state index contributed by atoms with van der Waals surface area (Å²) < 4.78 is 26.4. The van der Waals surface area contributed by atoms with Gasteiger partial charge in [-0.2, -0.15) is 0 Å². The number of piperazine rings is 1. The Labute approximate surface area is 134 Å². The van der Waals surface area contributed by atoms with E-state index in [1.54, 1.807) is 18.5 Å². The minimum atomic E-state index is -0.801. The van der Waals surface area contributed by atoms with Crippen molar-refractivity contribution in [3.63, 3.8) is 0 Å². The summed E-state index contributed by atoms with van der Waals surface area (Å²) in [6.07, 6.45) is 3.55. The van der Waals surface area contributed by atoms with Crippen LogP contribution in [0.1, 0.15) is 17.2 Å². The van der Waals surface area contributed by atoms with Crippen molar-refractivity contribution in [3.8, 4) is 0 Å². The maximum Gasteiger partial charge on any atom is 0.159 e. The van der Waals surface area contributed by atoms with Crippen molar-refractivity contribution < 1.29 is 8.78 Å². The van der Waals surface area contributed by atoms with E-state index < -0.39 is 11.6 Å². The molecule has 0 amide bonds. The van der Waals surface area contributed by atoms with Crippen LogP contribution in [0.25, 0.3) is 0 Å². The molecule has 1 aliphatic rings. The standard InChI is InChI=1S/C16H17F2N3.ClH/c17-14-2-1-12(9-15(14)18)11-21-8-7-20-10-16(21)13-3-5-19-6-4-13;/h1-6,9,16,20H,7-8,10-11H2;1H. The molecule has 1 saturated heterocycles. The zero-order valence-electron chi connectivity index (χ0n) is 12.0. The van der Waals surface area contributed by atoms with E-state index in [4.69, 9.17) is 0 Å². The summed E-state index contributed by atoms with van der Waals surface area (Å²) in [6.45, 7) is 3.21. The number of benzene rings is 1. The highest BCUT2D eigenvalue weighted by atomic mass is 35.5. The Bertz CT molecular complexity index is 610. The van der Waals surface area contributed by atoms with Crippen LogP contribution < -0.4 is 5.32 Å². The van der Waals surface area contributed by atoms with E-state index in [0.717, 1.165) is 25.2 Å². The van der Waals surface area contributed by atoms with Gasteiger partial charge in [0.15, 0.2) is 11.6 Å². The van der Waals surface area contributed by atoms with Gasteiger partial charge in [0.05, 0.1) is 0 Å². The van der Waals surface area contributed by atoms with Gasteiger partial charge >= 0.3 is 0 Å². The highest BCUT2D eigenvalue weighted by Gasteiger charge is 2.23. The second-order valence-electron chi connectivity index (χ2n) is 5.22. The van der Waals surface area contributed by atoms with Crippen molar-refractivity contribution in [1.82, 2.24) is 15.2 Å². The molecular weight excluding hydrogens is 308 g/mol. The second-order valence-corrected chi connectivity index (χ2v) is 5.22. The molecule has 0 saturated carbocycles. The van der Waals surface area contributed by atoms with Crippen molar-refractivity contribution in [2.24, 2.45) is 0 Å². The van der Waals surface area contributed by atoms with Gasteiger partial charge in [0.25, 0.3) is 0 Å². The number of halogens is 3. The highest BCUT2D eigenvalue weighted by Crippen LogP contribution is 2.24. The lowest BCUT2D eigenvalue weighted by atomic mass is 10.0. The third-order valence-corrected chi connectivity index (χ3v) is 3.81. The first-order chi connectivity index (χ1) is 10.2. The highest BCUT2D eigenvalue weighted by molar-refractivity contribution is 5.85. The SMILES string of the molecule is Cl.Fc1ccc(CN2CCNCC2c2ccncc2)cc1F. The van der Waals surface area contributed by atoms with Gasteiger partial charge in [0, 0.05) is 44.6 Å². The molecule has 6 heteroatoms. The van der Waals surface area contributed by atoms with E-state index in [1.807, 2.05) is 12.1 Å². The van der Waals surface area contributed by atoms with Gasteiger partial charge in [0.1, 0.15) is 0 Å². The molecular formula is C16H18ClF2N3. The van der Waals surface area contributed by atoms with Crippen molar-refractivity contribution in [2.45, 2.75) is 12.6 Å². The molecule has 2 aromatic rings. The predicted octanol–water partition coefficient (Wildman–Crippen LogP) is 2.93. The van der Waals surface area contributed by atoms with E-state index in [0.29, 0.717) is 6.54 Å². The zero-order chi connectivity index (χ0) is 14.7. The van der Waals surface area contributed by atoms with Crippen LogP contribution in [0, 0.1) is 11.6 Å². The Balaban J connectivity index is 0.00000176. The molecule has 0 bridgehead atoms. The lowest BCUT2D eigenvalue weighted by Crippen LogP contribution is -2.45. The Morgan fingerprint density at radius 1 is 1.14 bits per heavy atom. The van der Waals surface area contributed by atoms with Gasteiger partial charge < -0.3 is 5.32 Å². The molecule has 1 unspecified atom stereocenters. The van der Waals surface area contributed by atoms with Gasteiger partial charge in [-0.15, -0.1) is 12.4 Å². The Morgan fingerprint density at radius 3 is 2.64 bits per heavy atom. The third-order valence-electron chi connectivity index (χ3n) is 3.81. The Morgan fingerprint density at radius 2 is 1.91 bits per heavy atom. The quantitative estimate of drug-likeness (QED) is 0.940. The van der Waals surface area contributed by atoms with Gasteiger partial charge in [-0.05, 0) is 35.4 Å². The number of hydrogen-bond donors (Lipinski definition) is 1. The molecule has 1 aromatic carbocycles. The fraction of sp³-hybridized carbons (Fsp3) is 0.312. The van der Waals surface area contributed by atoms with Gasteiger partial charge in [-0.25, -0.2) is 8.78 Å². The first-order valence-corrected chi connectivity index (χ1v) is 7.02. The van der Waals surface area contributed by atoms with Crippen LogP contribution in [0.3, 0.4) is 0 Å². The normalized spacial score (nSPS) is 18.7. The largest absolute Gasteiger partial charge is 0.314 e. The summed E-state index contributed by atoms with van der Waals surface area (Å²) in [5.41, 5.74) is 1.97. The van der Waals surface area contributed by atoms with E-state index in [2.05, 4.69) is 15.2 Å². The summed E-state index contributed by atoms with van der Waals surface area (Å²) >= 11 is 0. The molecule has 118 valence electrons. The number of rotatable bonds is 3. The third kappa shape index (κ3) is 3.80. The smallest absolute Gasteiger partial charge is 0.159 e. The fourth-order valence-corrected chi connectivity index (χ4v) is 2.72. The van der Waals surface area contributed by atoms with Crippen LogP contribution in [-0.4, -0.2) is 29.5 Å². The molecule has 1 atom stereocenters. The lowest BCUT2D eigenvalue weighted by molar-refractivity contribution is 0.153. The summed E-state index contributed by atoms with van der Waals surface area (Å²) in [5, 5.41) is 3.37. The number of hydrogen-bond acceptors (Lipinski definition) is 3. The zero-order valence-corrected chi connectivity index (χ0v) is 12.8. The van der Waals surface area contributed by atoms with Crippen LogP contribution in [0.15, 0.2) is 42.7 Å². The first kappa shape index (κ1) is 16.8. The average molecular weight is 326 g/mol. The topological polar surface area (TPSA) is 28.2 Å². The molecule has 1 N–H and O–H groups in total. The van der Waals surface area contributed by atoms with Gasteiger partial charge in [-0.1, -0.05) is 6.07 Å². The predicted molar refractivity (Wildman–Crippen MR) is 83.9 cm³/mol. The van der Waals surface area contributed by atoms with Crippen molar-refractivity contribution in [1.29, 1.82) is 0 Å². The molecule has 3 nitrogen and oxygen atoms in total.